The van der Waals surface area contributed by atoms with E-state index in [9.17, 15) is 8.42 Å². The van der Waals surface area contributed by atoms with Gasteiger partial charge in [-0.15, -0.1) is 0 Å². The van der Waals surface area contributed by atoms with Gasteiger partial charge < -0.3 is 8.92 Å². The Labute approximate surface area is 135 Å². The van der Waals surface area contributed by atoms with Crippen LogP contribution in [0.3, 0.4) is 0 Å². The number of hydrogen-bond acceptors (Lipinski definition) is 4. The van der Waals surface area contributed by atoms with Gasteiger partial charge in [0.1, 0.15) is 10.6 Å². The van der Waals surface area contributed by atoms with Gasteiger partial charge in [0.15, 0.2) is 5.75 Å². The molecule has 0 aliphatic carbocycles. The van der Waals surface area contributed by atoms with Crippen LogP contribution in [0.1, 0.15) is 5.56 Å². The largest absolute Gasteiger partial charge is 0.496 e. The second-order valence-electron chi connectivity index (χ2n) is 5.17. The highest BCUT2D eigenvalue weighted by Gasteiger charge is 2.19. The molecule has 0 saturated carbocycles. The first kappa shape index (κ1) is 15.4. The summed E-state index contributed by atoms with van der Waals surface area (Å²) >= 11 is 0. The van der Waals surface area contributed by atoms with Crippen LogP contribution in [0.15, 0.2) is 65.6 Å². The molecule has 3 aromatic rings. The molecule has 118 valence electrons. The summed E-state index contributed by atoms with van der Waals surface area (Å²) in [6.45, 7) is 1.90. The molecule has 0 aliphatic rings. The quantitative estimate of drug-likeness (QED) is 0.681. The fourth-order valence-corrected chi connectivity index (χ4v) is 3.32. The third-order valence-corrected chi connectivity index (χ3v) is 4.81. The van der Waals surface area contributed by atoms with Crippen molar-refractivity contribution in [2.24, 2.45) is 0 Å². The van der Waals surface area contributed by atoms with Crippen molar-refractivity contribution >= 4 is 20.9 Å². The molecule has 0 radical (unpaired) electrons. The number of benzene rings is 3. The zero-order valence-corrected chi connectivity index (χ0v) is 13.6. The van der Waals surface area contributed by atoms with E-state index in [0.717, 1.165) is 10.9 Å². The van der Waals surface area contributed by atoms with Gasteiger partial charge in [-0.05, 0) is 36.6 Å². The van der Waals surface area contributed by atoms with Gasteiger partial charge in [0, 0.05) is 0 Å². The Morgan fingerprint density at radius 2 is 1.43 bits per heavy atom. The fraction of sp³-hybridized carbons (Fsp3) is 0.111. The van der Waals surface area contributed by atoms with Crippen LogP contribution in [-0.4, -0.2) is 15.5 Å². The highest BCUT2D eigenvalue weighted by atomic mass is 32.2. The summed E-state index contributed by atoms with van der Waals surface area (Å²) in [5.74, 6) is 0.817. The molecule has 3 rings (SSSR count). The normalized spacial score (nSPS) is 11.4. The lowest BCUT2D eigenvalue weighted by atomic mass is 10.1. The molecule has 0 spiro atoms. The van der Waals surface area contributed by atoms with E-state index in [1.165, 1.54) is 12.1 Å². The summed E-state index contributed by atoms with van der Waals surface area (Å²) < 4.78 is 35.7. The fourth-order valence-electron chi connectivity index (χ4n) is 2.38. The second kappa shape index (κ2) is 5.93. The smallest absolute Gasteiger partial charge is 0.339 e. The minimum atomic E-state index is -3.90. The molecule has 4 nitrogen and oxygen atoms in total. The van der Waals surface area contributed by atoms with Crippen molar-refractivity contribution in [3.63, 3.8) is 0 Å². The van der Waals surface area contributed by atoms with Crippen LogP contribution >= 0.6 is 0 Å². The third-order valence-electron chi connectivity index (χ3n) is 3.56. The molecule has 5 heteroatoms. The average Bonchev–Trinajstić information content (AvgIpc) is 2.54. The van der Waals surface area contributed by atoms with E-state index < -0.39 is 10.1 Å². The van der Waals surface area contributed by atoms with Gasteiger partial charge in [-0.2, -0.15) is 8.42 Å². The molecule has 0 bridgehead atoms. The molecule has 0 atom stereocenters. The molecule has 23 heavy (non-hydrogen) atoms. The number of aryl methyl sites for hydroxylation is 1. The van der Waals surface area contributed by atoms with E-state index >= 15 is 0 Å². The molecular formula is C18H16O4S. The summed E-state index contributed by atoms with van der Waals surface area (Å²) in [6.07, 6.45) is 0. The Kier molecular flexibility index (Phi) is 3.96. The highest BCUT2D eigenvalue weighted by Crippen LogP contribution is 2.35. The Hall–Kier alpha value is -2.53. The molecule has 0 heterocycles. The summed E-state index contributed by atoms with van der Waals surface area (Å²) in [4.78, 5) is 0.120. The molecule has 0 fully saturated rings. The van der Waals surface area contributed by atoms with E-state index in [0.29, 0.717) is 11.1 Å². The minimum absolute atomic E-state index is 0.120. The topological polar surface area (TPSA) is 52.6 Å². The lowest BCUT2D eigenvalue weighted by Crippen LogP contribution is -2.10. The predicted octanol–water partition coefficient (Wildman–Crippen LogP) is 3.92. The summed E-state index contributed by atoms with van der Waals surface area (Å²) in [7, 11) is -2.36. The summed E-state index contributed by atoms with van der Waals surface area (Å²) in [5.41, 5.74) is 0.982. The zero-order valence-electron chi connectivity index (χ0n) is 12.8. The standard InChI is InChI=1S/C18H16O4S/c1-13-9-11-15(12-10-13)23(19,20)22-17-8-4-6-14-5-3-7-16(21-2)18(14)17/h3-12H,1-2H3. The van der Waals surface area contributed by atoms with Gasteiger partial charge in [0.05, 0.1) is 12.5 Å². The first-order chi connectivity index (χ1) is 11.0. The lowest BCUT2D eigenvalue weighted by Gasteiger charge is -2.12. The molecular weight excluding hydrogens is 312 g/mol. The van der Waals surface area contributed by atoms with Crippen LogP contribution in [0.4, 0.5) is 0 Å². The average molecular weight is 328 g/mol. The maximum atomic E-state index is 12.5. The predicted molar refractivity (Wildman–Crippen MR) is 89.5 cm³/mol. The van der Waals surface area contributed by atoms with Crippen LogP contribution in [-0.2, 0) is 10.1 Å². The van der Waals surface area contributed by atoms with Crippen molar-refractivity contribution in [1.29, 1.82) is 0 Å². The monoisotopic (exact) mass is 328 g/mol. The van der Waals surface area contributed by atoms with Crippen molar-refractivity contribution in [3.05, 3.63) is 66.2 Å². The first-order valence-electron chi connectivity index (χ1n) is 7.08. The maximum Gasteiger partial charge on any atom is 0.339 e. The molecule has 0 aromatic heterocycles. The Morgan fingerprint density at radius 1 is 0.826 bits per heavy atom. The third kappa shape index (κ3) is 3.00. The van der Waals surface area contributed by atoms with E-state index in [1.54, 1.807) is 37.4 Å². The number of methoxy groups -OCH3 is 1. The van der Waals surface area contributed by atoms with Crippen molar-refractivity contribution < 1.29 is 17.3 Å². The van der Waals surface area contributed by atoms with Crippen molar-refractivity contribution in [3.8, 4) is 11.5 Å². The SMILES string of the molecule is COc1cccc2cccc(OS(=O)(=O)c3ccc(C)cc3)c12. The molecule has 3 aromatic carbocycles. The van der Waals surface area contributed by atoms with Crippen molar-refractivity contribution in [2.45, 2.75) is 11.8 Å². The summed E-state index contributed by atoms with van der Waals surface area (Å²) in [5, 5.41) is 1.48. The van der Waals surface area contributed by atoms with Gasteiger partial charge in [-0.1, -0.05) is 42.0 Å². The molecule has 0 unspecified atom stereocenters. The van der Waals surface area contributed by atoms with Gasteiger partial charge in [-0.3, -0.25) is 0 Å². The van der Waals surface area contributed by atoms with E-state index in [2.05, 4.69) is 0 Å². The van der Waals surface area contributed by atoms with Crippen LogP contribution in [0.5, 0.6) is 11.5 Å². The van der Waals surface area contributed by atoms with Crippen molar-refractivity contribution in [1.82, 2.24) is 0 Å². The maximum absolute atomic E-state index is 12.5. The number of fused-ring (bicyclic) bond motifs is 1. The number of hydrogen-bond donors (Lipinski definition) is 0. The van der Waals surface area contributed by atoms with E-state index in [1.807, 2.05) is 25.1 Å². The first-order valence-corrected chi connectivity index (χ1v) is 8.49. The number of rotatable bonds is 4. The van der Waals surface area contributed by atoms with Crippen LogP contribution < -0.4 is 8.92 Å². The summed E-state index contributed by atoms with van der Waals surface area (Å²) in [6, 6.07) is 17.3. The molecule has 0 N–H and O–H groups in total. The van der Waals surface area contributed by atoms with Gasteiger partial charge in [-0.25, -0.2) is 0 Å². The van der Waals surface area contributed by atoms with Crippen LogP contribution in [0.25, 0.3) is 10.8 Å². The molecule has 0 aliphatic heterocycles. The minimum Gasteiger partial charge on any atom is -0.496 e. The van der Waals surface area contributed by atoms with E-state index in [4.69, 9.17) is 8.92 Å². The molecule has 0 saturated heterocycles. The van der Waals surface area contributed by atoms with E-state index in [-0.39, 0.29) is 10.6 Å². The van der Waals surface area contributed by atoms with Crippen LogP contribution in [0.2, 0.25) is 0 Å². The highest BCUT2D eigenvalue weighted by molar-refractivity contribution is 7.87. The zero-order chi connectivity index (χ0) is 16.4. The van der Waals surface area contributed by atoms with Gasteiger partial charge >= 0.3 is 10.1 Å². The van der Waals surface area contributed by atoms with Crippen LogP contribution in [0, 0.1) is 6.92 Å². The Morgan fingerprint density at radius 3 is 2.04 bits per heavy atom. The van der Waals surface area contributed by atoms with Crippen molar-refractivity contribution in [2.75, 3.05) is 7.11 Å². The Balaban J connectivity index is 2.09. The number of ether oxygens (including phenoxy) is 1. The Bertz CT molecular complexity index is 939. The lowest BCUT2D eigenvalue weighted by molar-refractivity contribution is 0.418. The molecule has 0 amide bonds. The second-order valence-corrected chi connectivity index (χ2v) is 6.71. The van der Waals surface area contributed by atoms with Gasteiger partial charge in [0.25, 0.3) is 0 Å². The van der Waals surface area contributed by atoms with Gasteiger partial charge in [0.2, 0.25) is 0 Å².